The third-order valence-corrected chi connectivity index (χ3v) is 7.50. The second kappa shape index (κ2) is 10.5. The van der Waals surface area contributed by atoms with Gasteiger partial charge in [0, 0.05) is 15.1 Å². The van der Waals surface area contributed by atoms with Crippen molar-refractivity contribution in [2.24, 2.45) is 4.99 Å². The molecule has 0 amide bonds. The van der Waals surface area contributed by atoms with Gasteiger partial charge in [-0.1, -0.05) is 38.9 Å². The van der Waals surface area contributed by atoms with Crippen molar-refractivity contribution in [2.75, 3.05) is 20.8 Å². The molecule has 0 fully saturated rings. The minimum atomic E-state index is -0.857. The fourth-order valence-electron chi connectivity index (χ4n) is 3.95. The summed E-state index contributed by atoms with van der Waals surface area (Å²) in [4.78, 5) is 31.8. The van der Waals surface area contributed by atoms with Crippen LogP contribution < -0.4 is 24.4 Å². The summed E-state index contributed by atoms with van der Waals surface area (Å²) in [6.07, 6.45) is 1.55. The summed E-state index contributed by atoms with van der Waals surface area (Å²) in [5.74, 6) is 0.315. The molecule has 188 valence electrons. The molecule has 1 aromatic heterocycles. The zero-order valence-electron chi connectivity index (χ0n) is 19.8. The molecule has 2 heterocycles. The number of esters is 1. The van der Waals surface area contributed by atoms with Crippen LogP contribution in [0.4, 0.5) is 0 Å². The molecule has 0 unspecified atom stereocenters. The number of thiazole rings is 1. The molecule has 0 radical (unpaired) electrons. The first kappa shape index (κ1) is 26.0. The monoisotopic (exact) mass is 592 g/mol. The molecule has 0 saturated carbocycles. The topological polar surface area (TPSA) is 99.4 Å². The second-order valence-electron chi connectivity index (χ2n) is 7.73. The fraction of sp³-hybridized carbons (Fsp3) is 0.240. The molecular formula is C25H22BrClN2O6S. The minimum absolute atomic E-state index is 0.0205. The van der Waals surface area contributed by atoms with Gasteiger partial charge in [0.15, 0.2) is 16.3 Å². The molecule has 3 aromatic rings. The van der Waals surface area contributed by atoms with Gasteiger partial charge in [0.1, 0.15) is 5.75 Å². The van der Waals surface area contributed by atoms with Gasteiger partial charge in [-0.3, -0.25) is 9.36 Å². The van der Waals surface area contributed by atoms with Crippen molar-refractivity contribution in [3.63, 3.8) is 0 Å². The Hall–Kier alpha value is -3.08. The lowest BCUT2D eigenvalue weighted by molar-refractivity contribution is -0.139. The Bertz CT molecular complexity index is 1580. The highest BCUT2D eigenvalue weighted by Crippen LogP contribution is 2.40. The first-order chi connectivity index (χ1) is 17.2. The maximum absolute atomic E-state index is 13.7. The van der Waals surface area contributed by atoms with Crippen molar-refractivity contribution in [1.82, 2.24) is 4.57 Å². The Labute approximate surface area is 223 Å². The number of carbonyl (C=O) groups excluding carboxylic acids is 1. The Morgan fingerprint density at radius 1 is 1.25 bits per heavy atom. The van der Waals surface area contributed by atoms with E-state index in [2.05, 4.69) is 20.9 Å². The lowest BCUT2D eigenvalue weighted by Gasteiger charge is -2.26. The standard InChI is InChI=1S/C25H22BrClN2O6S/c1-5-35-24(32)21-12(2)28-25-29(22(21)15-10-18(33-3)19(34-4)11-16(15)26)23(31)20(36-25)9-13-8-14(27)6-7-17(13)30/h6-11,22,30H,5H2,1-4H3/b20-9+/t22-/m0/s1. The van der Waals surface area contributed by atoms with E-state index in [1.165, 1.54) is 24.9 Å². The van der Waals surface area contributed by atoms with Crippen LogP contribution in [0.25, 0.3) is 6.08 Å². The maximum Gasteiger partial charge on any atom is 0.338 e. The Morgan fingerprint density at radius 2 is 1.94 bits per heavy atom. The number of rotatable bonds is 6. The van der Waals surface area contributed by atoms with Gasteiger partial charge in [-0.25, -0.2) is 9.79 Å². The second-order valence-corrected chi connectivity index (χ2v) is 10.0. The van der Waals surface area contributed by atoms with Crippen LogP contribution in [0.5, 0.6) is 17.2 Å². The van der Waals surface area contributed by atoms with Crippen LogP contribution in [-0.4, -0.2) is 36.5 Å². The van der Waals surface area contributed by atoms with Gasteiger partial charge in [0.2, 0.25) is 0 Å². The Balaban J connectivity index is 2.03. The van der Waals surface area contributed by atoms with Crippen LogP contribution in [0, 0.1) is 0 Å². The van der Waals surface area contributed by atoms with Gasteiger partial charge in [0.25, 0.3) is 5.56 Å². The van der Waals surface area contributed by atoms with E-state index >= 15 is 0 Å². The van der Waals surface area contributed by atoms with Gasteiger partial charge in [-0.15, -0.1) is 0 Å². The highest BCUT2D eigenvalue weighted by atomic mass is 79.9. The highest BCUT2D eigenvalue weighted by Gasteiger charge is 2.35. The van der Waals surface area contributed by atoms with Crippen LogP contribution >= 0.6 is 38.9 Å². The van der Waals surface area contributed by atoms with E-state index < -0.39 is 12.0 Å². The summed E-state index contributed by atoms with van der Waals surface area (Å²) < 4.78 is 18.6. The number of nitrogens with zero attached hydrogens (tertiary/aromatic N) is 2. The summed E-state index contributed by atoms with van der Waals surface area (Å²) in [5.41, 5.74) is 1.24. The number of halogens is 2. The Kier molecular flexibility index (Phi) is 7.58. The van der Waals surface area contributed by atoms with E-state index in [9.17, 15) is 14.7 Å². The molecule has 1 aliphatic heterocycles. The average molecular weight is 594 g/mol. The molecule has 1 aliphatic rings. The molecule has 36 heavy (non-hydrogen) atoms. The van der Waals surface area contributed by atoms with Crippen molar-refractivity contribution < 1.29 is 24.1 Å². The van der Waals surface area contributed by atoms with Gasteiger partial charge >= 0.3 is 5.97 Å². The third kappa shape index (κ3) is 4.68. The number of phenols is 1. The normalized spacial score (nSPS) is 15.4. The molecule has 0 bridgehead atoms. The van der Waals surface area contributed by atoms with E-state index in [0.29, 0.717) is 47.2 Å². The number of carbonyl (C=O) groups is 1. The first-order valence-corrected chi connectivity index (χ1v) is 12.8. The maximum atomic E-state index is 13.7. The predicted octanol–water partition coefficient (Wildman–Crippen LogP) is 3.94. The molecule has 1 N–H and O–H groups in total. The van der Waals surface area contributed by atoms with Crippen LogP contribution in [0.1, 0.15) is 31.0 Å². The van der Waals surface area contributed by atoms with E-state index in [-0.39, 0.29) is 23.5 Å². The molecule has 4 rings (SSSR count). The largest absolute Gasteiger partial charge is 0.507 e. The van der Waals surface area contributed by atoms with E-state index in [0.717, 1.165) is 11.3 Å². The molecule has 0 aliphatic carbocycles. The fourth-order valence-corrected chi connectivity index (χ4v) is 5.70. The highest BCUT2D eigenvalue weighted by molar-refractivity contribution is 9.10. The van der Waals surface area contributed by atoms with Crippen LogP contribution in [-0.2, 0) is 9.53 Å². The summed E-state index contributed by atoms with van der Waals surface area (Å²) >= 11 is 10.8. The number of phenolic OH excluding ortho intramolecular Hbond substituents is 1. The van der Waals surface area contributed by atoms with Gasteiger partial charge < -0.3 is 19.3 Å². The van der Waals surface area contributed by atoms with Crippen molar-refractivity contribution in [3.05, 3.63) is 81.9 Å². The van der Waals surface area contributed by atoms with Crippen LogP contribution in [0.2, 0.25) is 5.02 Å². The molecule has 1 atom stereocenters. The third-order valence-electron chi connectivity index (χ3n) is 5.59. The number of aromatic hydroxyl groups is 1. The number of aromatic nitrogens is 1. The molecule has 11 heteroatoms. The predicted molar refractivity (Wildman–Crippen MR) is 141 cm³/mol. The number of hydrogen-bond acceptors (Lipinski definition) is 8. The lowest BCUT2D eigenvalue weighted by atomic mass is 9.95. The van der Waals surface area contributed by atoms with E-state index in [4.69, 9.17) is 25.8 Å². The minimum Gasteiger partial charge on any atom is -0.507 e. The molecular weight excluding hydrogens is 572 g/mol. The number of hydrogen-bond donors (Lipinski definition) is 1. The molecule has 0 saturated heterocycles. The Morgan fingerprint density at radius 3 is 2.61 bits per heavy atom. The quantitative estimate of drug-likeness (QED) is 0.435. The number of ether oxygens (including phenoxy) is 3. The number of allylic oxidation sites excluding steroid dienone is 1. The van der Waals surface area contributed by atoms with E-state index in [1.807, 2.05) is 0 Å². The summed E-state index contributed by atoms with van der Waals surface area (Å²) in [5, 5.41) is 10.7. The SMILES string of the molecule is CCOC(=O)C1=C(C)N=c2s/c(=C/c3cc(Cl)ccc3O)c(=O)n2[C@H]1c1cc(OC)c(OC)cc1Br. The average Bonchev–Trinajstić information content (AvgIpc) is 3.14. The molecule has 8 nitrogen and oxygen atoms in total. The smallest absolute Gasteiger partial charge is 0.338 e. The molecule has 0 spiro atoms. The van der Waals surface area contributed by atoms with Gasteiger partial charge in [-0.2, -0.15) is 0 Å². The first-order valence-electron chi connectivity index (χ1n) is 10.8. The summed E-state index contributed by atoms with van der Waals surface area (Å²) in [6, 6.07) is 7.14. The van der Waals surface area contributed by atoms with Crippen LogP contribution in [0.3, 0.4) is 0 Å². The van der Waals surface area contributed by atoms with Crippen molar-refractivity contribution in [1.29, 1.82) is 0 Å². The van der Waals surface area contributed by atoms with Gasteiger partial charge in [0.05, 0.1) is 42.7 Å². The number of methoxy groups -OCH3 is 2. The lowest BCUT2D eigenvalue weighted by Crippen LogP contribution is -2.40. The summed E-state index contributed by atoms with van der Waals surface area (Å²) in [7, 11) is 3.03. The van der Waals surface area contributed by atoms with Crippen molar-refractivity contribution in [2.45, 2.75) is 19.9 Å². The zero-order valence-corrected chi connectivity index (χ0v) is 23.0. The zero-order chi connectivity index (χ0) is 26.1. The number of benzene rings is 2. The van der Waals surface area contributed by atoms with E-state index in [1.54, 1.807) is 44.2 Å². The summed E-state index contributed by atoms with van der Waals surface area (Å²) in [6.45, 7) is 3.57. The van der Waals surface area contributed by atoms with Crippen LogP contribution in [0.15, 0.2) is 55.9 Å². The van der Waals surface area contributed by atoms with Crippen molar-refractivity contribution in [3.8, 4) is 17.2 Å². The molecule has 2 aromatic carbocycles. The van der Waals surface area contributed by atoms with Crippen molar-refractivity contribution >= 4 is 50.9 Å². The van der Waals surface area contributed by atoms with Gasteiger partial charge in [-0.05, 0) is 55.8 Å². The number of fused-ring (bicyclic) bond motifs is 1.